The fraction of sp³-hybridized carbons (Fsp3) is 0.406. The first-order chi connectivity index (χ1) is 18.7. The number of carbonyl (C=O) groups is 5. The average Bonchev–Trinajstić information content (AvgIpc) is 2.88. The fourth-order valence-corrected chi connectivity index (χ4v) is 7.83. The summed E-state index contributed by atoms with van der Waals surface area (Å²) in [5, 5.41) is 35.3. The molecule has 3 aliphatic carbocycles. The fourth-order valence-electron chi connectivity index (χ4n) is 7.83. The average molecular weight is 545 g/mol. The van der Waals surface area contributed by atoms with Crippen molar-refractivity contribution in [2.24, 2.45) is 34.5 Å². The van der Waals surface area contributed by atoms with Crippen molar-refractivity contribution in [3.8, 4) is 5.75 Å². The first kappa shape index (κ1) is 27.8. The molecule has 0 aromatic heterocycles. The van der Waals surface area contributed by atoms with Gasteiger partial charge in [-0.3, -0.25) is 24.0 Å². The zero-order chi connectivity index (χ0) is 29.5. The van der Waals surface area contributed by atoms with Crippen LogP contribution in [0.5, 0.6) is 5.75 Å². The molecule has 208 valence electrons. The van der Waals surface area contributed by atoms with Crippen molar-refractivity contribution in [2.45, 2.75) is 46.3 Å². The van der Waals surface area contributed by atoms with Gasteiger partial charge in [0.2, 0.25) is 0 Å². The minimum Gasteiger partial charge on any atom is -0.507 e. The summed E-state index contributed by atoms with van der Waals surface area (Å²) < 4.78 is 0. The molecule has 0 radical (unpaired) electrons. The number of Topliss-reactive ketones (excluding diaryl/α,β-unsaturated/α-hetero) is 5. The molecule has 8 nitrogen and oxygen atoms in total. The van der Waals surface area contributed by atoms with Gasteiger partial charge < -0.3 is 15.3 Å². The quantitative estimate of drug-likeness (QED) is 0.500. The zero-order valence-electron chi connectivity index (χ0n) is 23.0. The van der Waals surface area contributed by atoms with E-state index in [2.05, 4.69) is 0 Å². The van der Waals surface area contributed by atoms with E-state index in [0.717, 1.165) is 6.92 Å². The number of phenolic OH excluding ortho intramolecular Hbond substituents is 1. The van der Waals surface area contributed by atoms with Gasteiger partial charge >= 0.3 is 0 Å². The second-order valence-electron chi connectivity index (χ2n) is 12.0. The van der Waals surface area contributed by atoms with Crippen LogP contribution in [0.15, 0.2) is 48.5 Å². The minimum absolute atomic E-state index is 0.164. The van der Waals surface area contributed by atoms with E-state index in [1.165, 1.54) is 19.9 Å². The number of phenols is 1. The molecule has 2 fully saturated rings. The highest BCUT2D eigenvalue weighted by Crippen LogP contribution is 2.66. The van der Waals surface area contributed by atoms with Crippen LogP contribution in [0.25, 0.3) is 11.6 Å². The molecule has 5 rings (SSSR count). The van der Waals surface area contributed by atoms with Crippen molar-refractivity contribution in [1.29, 1.82) is 0 Å². The second kappa shape index (κ2) is 8.88. The summed E-state index contributed by atoms with van der Waals surface area (Å²) >= 11 is 0. The smallest absolute Gasteiger partial charge is 0.191 e. The highest BCUT2D eigenvalue weighted by Gasteiger charge is 2.80. The summed E-state index contributed by atoms with van der Waals surface area (Å²) in [4.78, 5) is 68.7. The molecule has 0 aliphatic heterocycles. The van der Waals surface area contributed by atoms with Crippen LogP contribution < -0.4 is 0 Å². The molecule has 8 heteroatoms. The summed E-state index contributed by atoms with van der Waals surface area (Å²) in [6, 6.07) is 13.4. The van der Waals surface area contributed by atoms with Crippen molar-refractivity contribution in [2.75, 3.05) is 0 Å². The van der Waals surface area contributed by atoms with Crippen molar-refractivity contribution >= 4 is 40.6 Å². The Kier molecular flexibility index (Phi) is 6.17. The maximum absolute atomic E-state index is 14.5. The molecule has 3 unspecified atom stereocenters. The second-order valence-corrected chi connectivity index (χ2v) is 12.0. The molecule has 7 atom stereocenters. The van der Waals surface area contributed by atoms with E-state index in [0.29, 0.717) is 16.7 Å². The lowest BCUT2D eigenvalue weighted by Crippen LogP contribution is -2.81. The Bertz CT molecular complexity index is 1520. The predicted molar refractivity (Wildman–Crippen MR) is 145 cm³/mol. The Balaban J connectivity index is 1.89. The molecule has 0 bridgehead atoms. The van der Waals surface area contributed by atoms with Crippen LogP contribution in [0.1, 0.15) is 56.1 Å². The number of aromatic hydroxyl groups is 1. The number of carbonyl (C=O) groups excluding carboxylic acids is 5. The third-order valence-corrected chi connectivity index (χ3v) is 9.60. The van der Waals surface area contributed by atoms with Crippen LogP contribution in [-0.2, 0) is 19.2 Å². The Morgan fingerprint density at radius 3 is 2.15 bits per heavy atom. The van der Waals surface area contributed by atoms with E-state index in [1.54, 1.807) is 56.3 Å². The van der Waals surface area contributed by atoms with Gasteiger partial charge in [-0.2, -0.15) is 0 Å². The van der Waals surface area contributed by atoms with Crippen molar-refractivity contribution in [3.05, 3.63) is 65.2 Å². The van der Waals surface area contributed by atoms with E-state index < -0.39 is 80.9 Å². The van der Waals surface area contributed by atoms with Gasteiger partial charge in [0.1, 0.15) is 17.5 Å². The number of benzene rings is 2. The van der Waals surface area contributed by atoms with E-state index in [4.69, 9.17) is 0 Å². The molecule has 3 aliphatic rings. The molecule has 0 saturated heterocycles. The van der Waals surface area contributed by atoms with Gasteiger partial charge in [0, 0.05) is 16.7 Å². The summed E-state index contributed by atoms with van der Waals surface area (Å²) in [7, 11) is 0. The number of ketones is 5. The number of aliphatic hydroxyl groups is 2. The van der Waals surface area contributed by atoms with Gasteiger partial charge in [0.25, 0.3) is 0 Å². The topological polar surface area (TPSA) is 146 Å². The van der Waals surface area contributed by atoms with Crippen LogP contribution in [0, 0.1) is 34.5 Å². The molecule has 0 heterocycles. The third kappa shape index (κ3) is 3.17. The van der Waals surface area contributed by atoms with Crippen LogP contribution in [0.3, 0.4) is 0 Å². The van der Waals surface area contributed by atoms with Gasteiger partial charge in [-0.1, -0.05) is 76.2 Å². The predicted octanol–water partition coefficient (Wildman–Crippen LogP) is 3.06. The minimum atomic E-state index is -3.01. The molecule has 40 heavy (non-hydrogen) atoms. The third-order valence-electron chi connectivity index (χ3n) is 9.60. The SMILES string of the molecule is CC(=O)C1C(=O)C(C(C)C)[C@@]2(C)[C@H](O)[C@@]3(C)/C(=C/c4ccccc4)c4cccc(O)c4C(=O)C3C(=O)[C@@]2(O)C1=O. The Labute approximate surface area is 231 Å². The standard InChI is InChI=1S/C32H32O8/c1-15(2)23-25(35)21(16(3)33)27(37)32(40)28(38)24-26(36)22-18(12-9-13-20(22)34)19(14-17-10-7-6-8-11-17)30(24,4)29(39)31(23,32)5/h6-15,21,23-24,29,34,39-40H,1-5H3/b19-14+/t21?,23?,24?,29-,30+,31+,32+/m1/s1. The largest absolute Gasteiger partial charge is 0.507 e. The van der Waals surface area contributed by atoms with Gasteiger partial charge in [-0.15, -0.1) is 0 Å². The lowest BCUT2D eigenvalue weighted by molar-refractivity contribution is -0.230. The summed E-state index contributed by atoms with van der Waals surface area (Å²) in [6.07, 6.45) is -0.0627. The summed E-state index contributed by atoms with van der Waals surface area (Å²) in [6.45, 7) is 7.21. The van der Waals surface area contributed by atoms with E-state index in [1.807, 2.05) is 6.07 Å². The van der Waals surface area contributed by atoms with Gasteiger partial charge in [-0.25, -0.2) is 0 Å². The number of rotatable bonds is 3. The molecular formula is C32H32O8. The maximum Gasteiger partial charge on any atom is 0.191 e. The Morgan fingerprint density at radius 2 is 1.57 bits per heavy atom. The van der Waals surface area contributed by atoms with E-state index >= 15 is 0 Å². The molecule has 0 spiro atoms. The van der Waals surface area contributed by atoms with Crippen LogP contribution in [0.2, 0.25) is 0 Å². The normalized spacial score (nSPS) is 36.4. The monoisotopic (exact) mass is 544 g/mol. The molecule has 2 aromatic carbocycles. The summed E-state index contributed by atoms with van der Waals surface area (Å²) in [5.41, 5.74) is -5.65. The van der Waals surface area contributed by atoms with Gasteiger partial charge in [0.05, 0.1) is 17.6 Å². The molecule has 3 N–H and O–H groups in total. The lowest BCUT2D eigenvalue weighted by atomic mass is 9.38. The maximum atomic E-state index is 14.5. The number of hydrogen-bond donors (Lipinski definition) is 3. The zero-order valence-corrected chi connectivity index (χ0v) is 23.0. The van der Waals surface area contributed by atoms with Gasteiger partial charge in [0.15, 0.2) is 28.7 Å². The van der Waals surface area contributed by atoms with E-state index in [-0.39, 0.29) is 5.56 Å². The molecular weight excluding hydrogens is 512 g/mol. The molecule has 0 amide bonds. The summed E-state index contributed by atoms with van der Waals surface area (Å²) in [5.74, 6) is -10.9. The lowest BCUT2D eigenvalue weighted by Gasteiger charge is -2.64. The van der Waals surface area contributed by atoms with Crippen molar-refractivity contribution in [3.63, 3.8) is 0 Å². The Hall–Kier alpha value is -3.75. The molecule has 2 aromatic rings. The van der Waals surface area contributed by atoms with Crippen molar-refractivity contribution < 1.29 is 39.3 Å². The highest BCUT2D eigenvalue weighted by atomic mass is 16.3. The van der Waals surface area contributed by atoms with Gasteiger partial charge in [-0.05, 0) is 35.6 Å². The van der Waals surface area contributed by atoms with E-state index in [9.17, 15) is 39.3 Å². The number of fused-ring (bicyclic) bond motifs is 3. The number of aliphatic hydroxyl groups excluding tert-OH is 1. The number of hydrogen-bond acceptors (Lipinski definition) is 8. The van der Waals surface area contributed by atoms with Crippen LogP contribution in [0.4, 0.5) is 0 Å². The first-order valence-electron chi connectivity index (χ1n) is 13.3. The van der Waals surface area contributed by atoms with Crippen molar-refractivity contribution in [1.82, 2.24) is 0 Å². The highest BCUT2D eigenvalue weighted by molar-refractivity contribution is 6.34. The molecule has 2 saturated carbocycles. The first-order valence-corrected chi connectivity index (χ1v) is 13.3. The van der Waals surface area contributed by atoms with Crippen LogP contribution >= 0.6 is 0 Å². The Morgan fingerprint density at radius 1 is 0.950 bits per heavy atom. The van der Waals surface area contributed by atoms with Crippen LogP contribution in [-0.4, -0.2) is 55.9 Å².